The molecule has 0 saturated carbocycles. The highest BCUT2D eigenvalue weighted by atomic mass is 32.1. The number of imide groups is 1. The summed E-state index contributed by atoms with van der Waals surface area (Å²) < 4.78 is 1.17. The van der Waals surface area contributed by atoms with Crippen LogP contribution in [0.5, 0.6) is 0 Å². The molecule has 32 heavy (non-hydrogen) atoms. The van der Waals surface area contributed by atoms with E-state index in [0.717, 1.165) is 35.5 Å². The molecule has 3 amide bonds. The number of amides is 3. The van der Waals surface area contributed by atoms with E-state index in [-0.39, 0.29) is 30.6 Å². The minimum atomic E-state index is -1.00. The number of urea groups is 1. The number of nitrogens with one attached hydrogen (secondary N) is 1. The van der Waals surface area contributed by atoms with Crippen LogP contribution in [0.25, 0.3) is 10.2 Å². The summed E-state index contributed by atoms with van der Waals surface area (Å²) in [5.41, 5.74) is 0.852. The fourth-order valence-corrected chi connectivity index (χ4v) is 6.17. The maximum absolute atomic E-state index is 13.7. The maximum atomic E-state index is 13.7. The third kappa shape index (κ3) is 3.59. The predicted molar refractivity (Wildman–Crippen MR) is 126 cm³/mol. The first kappa shape index (κ1) is 21.1. The van der Waals surface area contributed by atoms with Crippen molar-refractivity contribution in [3.05, 3.63) is 65.2 Å². The SMILES string of the molecule is CC(C)C[C@@]1(c2ccccc2)NC(=O)N(CN2CCC[C@H]2c2nc3ccccc3s2)C1=O. The average Bonchev–Trinajstić information content (AvgIpc) is 3.47. The summed E-state index contributed by atoms with van der Waals surface area (Å²) in [6.07, 6.45) is 2.58. The van der Waals surface area contributed by atoms with E-state index >= 15 is 0 Å². The van der Waals surface area contributed by atoms with Crippen LogP contribution < -0.4 is 5.32 Å². The monoisotopic (exact) mass is 448 g/mol. The Bertz CT molecular complexity index is 1110. The molecule has 2 saturated heterocycles. The van der Waals surface area contributed by atoms with Crippen LogP contribution in [0.15, 0.2) is 54.6 Å². The highest BCUT2D eigenvalue weighted by molar-refractivity contribution is 7.18. The van der Waals surface area contributed by atoms with Crippen LogP contribution in [0.1, 0.15) is 49.7 Å². The van der Waals surface area contributed by atoms with Gasteiger partial charge in [0.25, 0.3) is 5.91 Å². The molecule has 5 rings (SSSR count). The predicted octanol–water partition coefficient (Wildman–Crippen LogP) is 4.88. The van der Waals surface area contributed by atoms with Gasteiger partial charge in [0, 0.05) is 6.54 Å². The van der Waals surface area contributed by atoms with E-state index < -0.39 is 5.54 Å². The highest BCUT2D eigenvalue weighted by Gasteiger charge is 2.53. The standard InChI is InChI=1S/C25H28N4O2S/c1-17(2)15-25(18-9-4-3-5-10-18)23(30)29(24(31)27-25)16-28-14-8-12-20(28)22-26-19-11-6-7-13-21(19)32-22/h3-7,9-11,13,17,20H,8,12,14-16H2,1-2H3,(H,27,31)/t20-,25-/m0/s1. The molecule has 3 heterocycles. The molecule has 1 N–H and O–H groups in total. The summed E-state index contributed by atoms with van der Waals surface area (Å²) in [6, 6.07) is 17.6. The second-order valence-electron chi connectivity index (χ2n) is 9.16. The third-order valence-corrected chi connectivity index (χ3v) is 7.58. The Morgan fingerprint density at radius 3 is 2.62 bits per heavy atom. The maximum Gasteiger partial charge on any atom is 0.326 e. The van der Waals surface area contributed by atoms with Gasteiger partial charge < -0.3 is 5.32 Å². The fraction of sp³-hybridized carbons (Fsp3) is 0.400. The molecule has 0 spiro atoms. The number of hydrogen-bond acceptors (Lipinski definition) is 5. The number of carbonyl (C=O) groups is 2. The number of carbonyl (C=O) groups excluding carboxylic acids is 2. The van der Waals surface area contributed by atoms with Gasteiger partial charge in [-0.1, -0.05) is 56.3 Å². The lowest BCUT2D eigenvalue weighted by atomic mass is 9.82. The number of nitrogens with zero attached hydrogens (tertiary/aromatic N) is 3. The zero-order chi connectivity index (χ0) is 22.3. The molecule has 2 aromatic carbocycles. The molecule has 2 atom stereocenters. The van der Waals surface area contributed by atoms with Crippen molar-refractivity contribution < 1.29 is 9.59 Å². The van der Waals surface area contributed by atoms with Gasteiger partial charge in [-0.05, 0) is 42.9 Å². The largest absolute Gasteiger partial charge is 0.326 e. The summed E-state index contributed by atoms with van der Waals surface area (Å²) in [5, 5.41) is 4.12. The second kappa shape index (κ2) is 8.30. The van der Waals surface area contributed by atoms with Crippen LogP contribution in [0, 0.1) is 5.92 Å². The molecule has 6 nitrogen and oxygen atoms in total. The van der Waals surface area contributed by atoms with Gasteiger partial charge in [0.1, 0.15) is 10.5 Å². The van der Waals surface area contributed by atoms with E-state index in [4.69, 9.17) is 4.98 Å². The van der Waals surface area contributed by atoms with Gasteiger partial charge in [0.15, 0.2) is 0 Å². The van der Waals surface area contributed by atoms with Crippen molar-refractivity contribution in [3.8, 4) is 0 Å². The van der Waals surface area contributed by atoms with E-state index in [1.807, 2.05) is 48.5 Å². The van der Waals surface area contributed by atoms with Crippen molar-refractivity contribution in [2.45, 2.75) is 44.7 Å². The van der Waals surface area contributed by atoms with E-state index in [0.29, 0.717) is 6.42 Å². The lowest BCUT2D eigenvalue weighted by Crippen LogP contribution is -2.46. The van der Waals surface area contributed by atoms with Gasteiger partial charge >= 0.3 is 6.03 Å². The van der Waals surface area contributed by atoms with E-state index in [9.17, 15) is 9.59 Å². The van der Waals surface area contributed by atoms with Gasteiger partial charge in [-0.15, -0.1) is 11.3 Å². The molecule has 0 bridgehead atoms. The number of thiazole rings is 1. The minimum Gasteiger partial charge on any atom is -0.319 e. The molecule has 2 fully saturated rings. The van der Waals surface area contributed by atoms with Crippen molar-refractivity contribution in [1.29, 1.82) is 0 Å². The van der Waals surface area contributed by atoms with Gasteiger partial charge in [0.2, 0.25) is 0 Å². The van der Waals surface area contributed by atoms with Gasteiger partial charge in [-0.3, -0.25) is 9.69 Å². The molecule has 166 valence electrons. The number of hydrogen-bond donors (Lipinski definition) is 1. The van der Waals surface area contributed by atoms with Crippen LogP contribution in [-0.4, -0.2) is 39.9 Å². The van der Waals surface area contributed by atoms with E-state index in [1.54, 1.807) is 11.3 Å². The van der Waals surface area contributed by atoms with Crippen molar-refractivity contribution in [2.24, 2.45) is 5.92 Å². The van der Waals surface area contributed by atoms with Gasteiger partial charge in [0.05, 0.1) is 22.9 Å². The smallest absolute Gasteiger partial charge is 0.319 e. The Balaban J connectivity index is 1.42. The number of likely N-dealkylation sites (tertiary alicyclic amines) is 1. The first-order chi connectivity index (χ1) is 15.5. The number of para-hydroxylation sites is 1. The Morgan fingerprint density at radius 1 is 1.12 bits per heavy atom. The first-order valence-corrected chi connectivity index (χ1v) is 12.1. The summed E-state index contributed by atoms with van der Waals surface area (Å²) in [4.78, 5) is 35.3. The zero-order valence-corrected chi connectivity index (χ0v) is 19.3. The van der Waals surface area contributed by atoms with Crippen molar-refractivity contribution in [1.82, 2.24) is 20.1 Å². The number of fused-ring (bicyclic) bond motifs is 1. The Kier molecular flexibility index (Phi) is 5.47. The van der Waals surface area contributed by atoms with Crippen molar-refractivity contribution >= 4 is 33.5 Å². The molecular weight excluding hydrogens is 420 g/mol. The topological polar surface area (TPSA) is 65.5 Å². The Morgan fingerprint density at radius 2 is 1.88 bits per heavy atom. The lowest BCUT2D eigenvalue weighted by molar-refractivity contribution is -0.133. The molecule has 1 aromatic heterocycles. The number of aromatic nitrogens is 1. The van der Waals surface area contributed by atoms with Crippen molar-refractivity contribution in [3.63, 3.8) is 0 Å². The van der Waals surface area contributed by atoms with Crippen LogP contribution in [-0.2, 0) is 10.3 Å². The van der Waals surface area contributed by atoms with Crippen LogP contribution in [0.4, 0.5) is 4.79 Å². The Hall–Kier alpha value is -2.77. The normalized spacial score (nSPS) is 24.1. The summed E-state index contributed by atoms with van der Waals surface area (Å²) in [7, 11) is 0. The van der Waals surface area contributed by atoms with Crippen LogP contribution >= 0.6 is 11.3 Å². The third-order valence-electron chi connectivity index (χ3n) is 6.44. The van der Waals surface area contributed by atoms with Crippen LogP contribution in [0.3, 0.4) is 0 Å². The molecule has 0 unspecified atom stereocenters. The average molecular weight is 449 g/mol. The quantitative estimate of drug-likeness (QED) is 0.546. The number of benzene rings is 2. The lowest BCUT2D eigenvalue weighted by Gasteiger charge is -2.30. The summed E-state index contributed by atoms with van der Waals surface area (Å²) in [6.45, 7) is 5.30. The molecule has 2 aliphatic rings. The Labute approximate surface area is 192 Å². The molecular formula is C25H28N4O2S. The first-order valence-electron chi connectivity index (χ1n) is 11.3. The van der Waals surface area contributed by atoms with Crippen molar-refractivity contribution in [2.75, 3.05) is 13.2 Å². The van der Waals surface area contributed by atoms with Crippen LogP contribution in [0.2, 0.25) is 0 Å². The fourth-order valence-electron chi connectivity index (χ4n) is 5.03. The molecule has 2 aliphatic heterocycles. The minimum absolute atomic E-state index is 0.129. The van der Waals surface area contributed by atoms with Gasteiger partial charge in [-0.25, -0.2) is 14.7 Å². The summed E-state index contributed by atoms with van der Waals surface area (Å²) >= 11 is 1.71. The highest BCUT2D eigenvalue weighted by Crippen LogP contribution is 2.39. The zero-order valence-electron chi connectivity index (χ0n) is 18.5. The molecule has 0 radical (unpaired) electrons. The van der Waals surface area contributed by atoms with Gasteiger partial charge in [-0.2, -0.15) is 0 Å². The van der Waals surface area contributed by atoms with E-state index in [1.165, 1.54) is 9.60 Å². The molecule has 0 aliphatic carbocycles. The number of rotatable bonds is 6. The second-order valence-corrected chi connectivity index (χ2v) is 10.2. The molecule has 7 heteroatoms. The summed E-state index contributed by atoms with van der Waals surface area (Å²) in [5.74, 6) is 0.0963. The molecule has 3 aromatic rings. The van der Waals surface area contributed by atoms with E-state index in [2.05, 4.69) is 30.1 Å².